The zero-order chi connectivity index (χ0) is 11.5. The third kappa shape index (κ3) is 3.62. The standard InChI is InChI=1S/C10H14ClO3P/c1-3-8(2)14-15(12,13)10-6-4-5-9(11)7-10/h4-8H,3H2,1-2H3,(H,12,13). The van der Waals surface area contributed by atoms with E-state index >= 15 is 0 Å². The van der Waals surface area contributed by atoms with Crippen molar-refractivity contribution in [2.45, 2.75) is 26.4 Å². The van der Waals surface area contributed by atoms with Gasteiger partial charge >= 0.3 is 7.60 Å². The topological polar surface area (TPSA) is 46.5 Å². The average molecular weight is 249 g/mol. The van der Waals surface area contributed by atoms with Gasteiger partial charge in [-0.25, -0.2) is 0 Å². The Balaban J connectivity index is 2.90. The normalized spacial score (nSPS) is 17.1. The van der Waals surface area contributed by atoms with Crippen LogP contribution in [0.4, 0.5) is 0 Å². The lowest BCUT2D eigenvalue weighted by Gasteiger charge is -2.16. The molecule has 2 unspecified atom stereocenters. The smallest absolute Gasteiger partial charge is 0.321 e. The van der Waals surface area contributed by atoms with Crippen LogP contribution >= 0.6 is 19.2 Å². The summed E-state index contributed by atoms with van der Waals surface area (Å²) in [5, 5.41) is 0.657. The van der Waals surface area contributed by atoms with Crippen LogP contribution in [0.25, 0.3) is 0 Å². The highest BCUT2D eigenvalue weighted by atomic mass is 35.5. The van der Waals surface area contributed by atoms with Gasteiger partial charge in [0.1, 0.15) is 0 Å². The number of hydrogen-bond donors (Lipinski definition) is 1. The first-order valence-corrected chi connectivity index (χ1v) is 6.68. The molecule has 5 heteroatoms. The predicted octanol–water partition coefficient (Wildman–Crippen LogP) is 2.97. The van der Waals surface area contributed by atoms with E-state index < -0.39 is 7.60 Å². The lowest BCUT2D eigenvalue weighted by Crippen LogP contribution is -2.12. The van der Waals surface area contributed by atoms with Gasteiger partial charge in [-0.3, -0.25) is 4.57 Å². The zero-order valence-corrected chi connectivity index (χ0v) is 10.3. The van der Waals surface area contributed by atoms with Crippen LogP contribution in [-0.2, 0) is 9.09 Å². The summed E-state index contributed by atoms with van der Waals surface area (Å²) in [4.78, 5) is 9.69. The van der Waals surface area contributed by atoms with E-state index in [1.807, 2.05) is 6.92 Å². The van der Waals surface area contributed by atoms with Crippen LogP contribution in [0.3, 0.4) is 0 Å². The van der Waals surface area contributed by atoms with Gasteiger partial charge in [0.15, 0.2) is 0 Å². The van der Waals surface area contributed by atoms with Crippen LogP contribution < -0.4 is 5.30 Å². The van der Waals surface area contributed by atoms with Crippen molar-refractivity contribution in [1.82, 2.24) is 0 Å². The Labute approximate surface area is 94.6 Å². The maximum absolute atomic E-state index is 11.8. The second kappa shape index (κ2) is 5.13. The summed E-state index contributed by atoms with van der Waals surface area (Å²) in [6.45, 7) is 3.65. The number of rotatable bonds is 4. The molecule has 84 valence electrons. The van der Waals surface area contributed by atoms with Gasteiger partial charge in [0.05, 0.1) is 11.4 Å². The summed E-state index contributed by atoms with van der Waals surface area (Å²) in [6, 6.07) is 6.26. The minimum atomic E-state index is -3.73. The third-order valence-electron chi connectivity index (χ3n) is 2.03. The van der Waals surface area contributed by atoms with Gasteiger partial charge in [-0.1, -0.05) is 24.6 Å². The fourth-order valence-electron chi connectivity index (χ4n) is 1.03. The Morgan fingerprint density at radius 1 is 1.60 bits per heavy atom. The summed E-state index contributed by atoms with van der Waals surface area (Å²) < 4.78 is 16.9. The summed E-state index contributed by atoms with van der Waals surface area (Å²) in [5.41, 5.74) is 0. The van der Waals surface area contributed by atoms with Gasteiger partial charge in [-0.15, -0.1) is 0 Å². The Kier molecular flexibility index (Phi) is 4.35. The minimum absolute atomic E-state index is 0.232. The van der Waals surface area contributed by atoms with Gasteiger partial charge < -0.3 is 9.42 Å². The van der Waals surface area contributed by atoms with Gasteiger partial charge in [-0.05, 0) is 31.5 Å². The van der Waals surface area contributed by atoms with E-state index in [4.69, 9.17) is 16.1 Å². The Morgan fingerprint density at radius 3 is 2.80 bits per heavy atom. The molecule has 0 saturated heterocycles. The van der Waals surface area contributed by atoms with E-state index in [-0.39, 0.29) is 11.4 Å². The van der Waals surface area contributed by atoms with Crippen LogP contribution in [0.15, 0.2) is 24.3 Å². The lowest BCUT2D eigenvalue weighted by molar-refractivity contribution is 0.192. The molecule has 0 saturated carbocycles. The van der Waals surface area contributed by atoms with Crippen LogP contribution in [0, 0.1) is 0 Å². The monoisotopic (exact) mass is 248 g/mol. The average Bonchev–Trinajstić information content (AvgIpc) is 2.17. The molecule has 0 aliphatic heterocycles. The Morgan fingerprint density at radius 2 is 2.27 bits per heavy atom. The molecule has 0 aliphatic rings. The maximum Gasteiger partial charge on any atom is 0.359 e. The lowest BCUT2D eigenvalue weighted by atomic mass is 10.3. The summed E-state index contributed by atoms with van der Waals surface area (Å²) in [6.07, 6.45) is 0.435. The molecular formula is C10H14ClO3P. The molecule has 1 rings (SSSR count). The molecule has 0 heterocycles. The van der Waals surface area contributed by atoms with E-state index in [2.05, 4.69) is 0 Å². The van der Waals surface area contributed by atoms with Gasteiger partial charge in [0.25, 0.3) is 0 Å². The van der Waals surface area contributed by atoms with Crippen LogP contribution in [0.2, 0.25) is 5.02 Å². The molecule has 0 radical (unpaired) electrons. The number of halogens is 1. The predicted molar refractivity (Wildman–Crippen MR) is 61.7 cm³/mol. The molecule has 2 atom stereocenters. The summed E-state index contributed by atoms with van der Waals surface area (Å²) in [5.74, 6) is 0. The third-order valence-corrected chi connectivity index (χ3v) is 3.84. The maximum atomic E-state index is 11.8. The molecule has 0 aromatic heterocycles. The summed E-state index contributed by atoms with van der Waals surface area (Å²) >= 11 is 5.73. The molecule has 0 aliphatic carbocycles. The first-order valence-electron chi connectivity index (χ1n) is 4.73. The highest BCUT2D eigenvalue weighted by molar-refractivity contribution is 7.61. The molecule has 0 amide bonds. The van der Waals surface area contributed by atoms with Gasteiger partial charge in [-0.2, -0.15) is 0 Å². The van der Waals surface area contributed by atoms with Crippen LogP contribution in [-0.4, -0.2) is 11.0 Å². The fraction of sp³-hybridized carbons (Fsp3) is 0.400. The zero-order valence-electron chi connectivity index (χ0n) is 8.68. The highest BCUT2D eigenvalue weighted by Gasteiger charge is 2.24. The van der Waals surface area contributed by atoms with Crippen molar-refractivity contribution in [3.8, 4) is 0 Å². The molecule has 3 nitrogen and oxygen atoms in total. The van der Waals surface area contributed by atoms with Crippen molar-refractivity contribution in [3.63, 3.8) is 0 Å². The first-order chi connectivity index (χ1) is 6.95. The second-order valence-electron chi connectivity index (χ2n) is 3.32. The largest absolute Gasteiger partial charge is 0.359 e. The molecule has 15 heavy (non-hydrogen) atoms. The van der Waals surface area contributed by atoms with Crippen molar-refractivity contribution in [3.05, 3.63) is 29.3 Å². The van der Waals surface area contributed by atoms with Crippen LogP contribution in [0.1, 0.15) is 20.3 Å². The van der Waals surface area contributed by atoms with Crippen molar-refractivity contribution < 1.29 is 14.0 Å². The van der Waals surface area contributed by atoms with E-state index in [9.17, 15) is 9.46 Å². The Bertz CT molecular complexity index is 381. The van der Waals surface area contributed by atoms with Gasteiger partial charge in [0, 0.05) is 5.02 Å². The number of benzene rings is 1. The Hall–Kier alpha value is -0.340. The molecule has 0 bridgehead atoms. The molecule has 0 fully saturated rings. The van der Waals surface area contributed by atoms with Crippen molar-refractivity contribution in [2.24, 2.45) is 0 Å². The molecule has 0 spiro atoms. The SMILES string of the molecule is CCC(C)OP(=O)(O)c1cccc(Cl)c1. The van der Waals surface area contributed by atoms with Gasteiger partial charge in [0.2, 0.25) is 0 Å². The molecule has 1 aromatic rings. The molecular weight excluding hydrogens is 235 g/mol. The minimum Gasteiger partial charge on any atom is -0.321 e. The van der Waals surface area contributed by atoms with E-state index in [0.29, 0.717) is 11.4 Å². The summed E-state index contributed by atoms with van der Waals surface area (Å²) in [7, 11) is -3.73. The molecule has 1 N–H and O–H groups in total. The highest BCUT2D eigenvalue weighted by Crippen LogP contribution is 2.42. The first kappa shape index (κ1) is 12.7. The second-order valence-corrected chi connectivity index (χ2v) is 5.53. The van der Waals surface area contributed by atoms with E-state index in [1.54, 1.807) is 19.1 Å². The van der Waals surface area contributed by atoms with E-state index in [1.165, 1.54) is 12.1 Å². The molecule has 1 aromatic carbocycles. The van der Waals surface area contributed by atoms with E-state index in [0.717, 1.165) is 0 Å². The van der Waals surface area contributed by atoms with Crippen molar-refractivity contribution in [2.75, 3.05) is 0 Å². The van der Waals surface area contributed by atoms with Crippen molar-refractivity contribution in [1.29, 1.82) is 0 Å². The fourth-order valence-corrected chi connectivity index (χ4v) is 2.63. The number of hydrogen-bond acceptors (Lipinski definition) is 2. The van der Waals surface area contributed by atoms with Crippen molar-refractivity contribution >= 4 is 24.5 Å². The van der Waals surface area contributed by atoms with Crippen LogP contribution in [0.5, 0.6) is 0 Å². The quantitative estimate of drug-likeness (QED) is 0.834.